The molecule has 1 aromatic heterocycles. The Bertz CT molecular complexity index is 1150. The van der Waals surface area contributed by atoms with Gasteiger partial charge in [0.25, 0.3) is 0 Å². The van der Waals surface area contributed by atoms with Crippen molar-refractivity contribution in [3.05, 3.63) is 53.2 Å². The molecule has 1 fully saturated rings. The fourth-order valence-electron chi connectivity index (χ4n) is 4.14. The number of hydrogen-bond acceptors (Lipinski definition) is 5. The van der Waals surface area contributed by atoms with E-state index in [2.05, 4.69) is 46.7 Å². The first-order valence-electron chi connectivity index (χ1n) is 10.5. The summed E-state index contributed by atoms with van der Waals surface area (Å²) >= 11 is 1.20. The minimum Gasteiger partial charge on any atom is -0.480 e. The zero-order valence-electron chi connectivity index (χ0n) is 17.2. The summed E-state index contributed by atoms with van der Waals surface area (Å²) in [5.41, 5.74) is 4.66. The smallest absolute Gasteiger partial charge is 0.319 e. The maximum absolute atomic E-state index is 11.6. The number of nitrogens with zero attached hydrogens (tertiary/aromatic N) is 2. The third kappa shape index (κ3) is 3.54. The molecule has 0 radical (unpaired) electrons. The van der Waals surface area contributed by atoms with E-state index >= 15 is 0 Å². The van der Waals surface area contributed by atoms with Crippen molar-refractivity contribution >= 4 is 40.0 Å². The summed E-state index contributed by atoms with van der Waals surface area (Å²) in [6.45, 7) is 3.38. The lowest BCUT2D eigenvalue weighted by Crippen LogP contribution is -2.27. The van der Waals surface area contributed by atoms with E-state index in [1.54, 1.807) is 13.8 Å². The van der Waals surface area contributed by atoms with E-state index in [-0.39, 0.29) is 0 Å². The van der Waals surface area contributed by atoms with E-state index < -0.39 is 10.7 Å². The second-order valence-corrected chi connectivity index (χ2v) is 10.3. The lowest BCUT2D eigenvalue weighted by atomic mass is 9.99. The number of carboxylic acids is 1. The average Bonchev–Trinajstić information content (AvgIpc) is 3.44. The highest BCUT2D eigenvalue weighted by molar-refractivity contribution is 8.01. The van der Waals surface area contributed by atoms with Gasteiger partial charge in [-0.2, -0.15) is 0 Å². The van der Waals surface area contributed by atoms with E-state index in [1.165, 1.54) is 40.9 Å². The van der Waals surface area contributed by atoms with Crippen LogP contribution in [0, 0.1) is 0 Å². The SMILES string of the molecule is CC(C)(Sc1nc2c(c(Nc3ccc(C4CC4)c4ccccc34)n1)CCC2)C(=O)O. The van der Waals surface area contributed by atoms with Crippen LogP contribution in [0.25, 0.3) is 10.8 Å². The molecule has 5 nitrogen and oxygen atoms in total. The standard InChI is InChI=1S/C24H25N3O2S/c1-24(2,22(28)29)30-23-26-19-9-5-8-18(19)21(27-23)25-20-13-12-15(14-10-11-14)16-6-3-4-7-17(16)20/h3-4,6-7,12-14H,5,8-11H2,1-2H3,(H,28,29)(H,25,26,27). The van der Waals surface area contributed by atoms with Crippen LogP contribution < -0.4 is 5.32 Å². The third-order valence-electron chi connectivity index (χ3n) is 6.00. The minimum atomic E-state index is -0.983. The van der Waals surface area contributed by atoms with Gasteiger partial charge in [-0.25, -0.2) is 9.97 Å². The molecule has 30 heavy (non-hydrogen) atoms. The number of fused-ring (bicyclic) bond motifs is 2. The fraction of sp³-hybridized carbons (Fsp3) is 0.375. The number of anilines is 2. The van der Waals surface area contributed by atoms with Crippen LogP contribution in [0.1, 0.15) is 55.8 Å². The summed E-state index contributed by atoms with van der Waals surface area (Å²) in [5, 5.41) is 16.1. The van der Waals surface area contributed by atoms with Crippen LogP contribution in [0.2, 0.25) is 0 Å². The van der Waals surface area contributed by atoms with Crippen LogP contribution in [-0.2, 0) is 17.6 Å². The average molecular weight is 420 g/mol. The molecular formula is C24H25N3O2S. The van der Waals surface area contributed by atoms with Gasteiger partial charge in [0.2, 0.25) is 0 Å². The van der Waals surface area contributed by atoms with Gasteiger partial charge in [-0.05, 0) is 68.9 Å². The first kappa shape index (κ1) is 19.4. The second-order valence-electron chi connectivity index (χ2n) is 8.70. The van der Waals surface area contributed by atoms with E-state index in [0.717, 1.165) is 42.0 Å². The number of nitrogens with one attached hydrogen (secondary N) is 1. The Kier molecular flexibility index (Phi) is 4.69. The maximum atomic E-state index is 11.6. The molecule has 0 saturated heterocycles. The summed E-state index contributed by atoms with van der Waals surface area (Å²) in [5.74, 6) is 0.631. The van der Waals surface area contributed by atoms with Crippen LogP contribution in [0.3, 0.4) is 0 Å². The molecule has 0 atom stereocenters. The molecule has 0 spiro atoms. The highest BCUT2D eigenvalue weighted by Crippen LogP contribution is 2.45. The van der Waals surface area contributed by atoms with E-state index in [1.807, 2.05) is 0 Å². The lowest BCUT2D eigenvalue weighted by Gasteiger charge is -2.19. The molecule has 0 unspecified atom stereocenters. The lowest BCUT2D eigenvalue weighted by molar-refractivity contribution is -0.138. The molecule has 0 aliphatic heterocycles. The Labute approximate surface area is 180 Å². The third-order valence-corrected chi connectivity index (χ3v) is 7.05. The van der Waals surface area contributed by atoms with Crippen LogP contribution in [-0.4, -0.2) is 25.8 Å². The molecular weight excluding hydrogens is 394 g/mol. The summed E-state index contributed by atoms with van der Waals surface area (Å²) < 4.78 is -0.983. The van der Waals surface area contributed by atoms with Gasteiger partial charge >= 0.3 is 5.97 Å². The number of rotatable bonds is 6. The van der Waals surface area contributed by atoms with Crippen molar-refractivity contribution in [3.8, 4) is 0 Å². The van der Waals surface area contributed by atoms with Crippen molar-refractivity contribution in [2.75, 3.05) is 5.32 Å². The van der Waals surface area contributed by atoms with Crippen LogP contribution in [0.15, 0.2) is 41.6 Å². The first-order valence-corrected chi connectivity index (χ1v) is 11.3. The van der Waals surface area contributed by atoms with Gasteiger partial charge in [0, 0.05) is 16.6 Å². The van der Waals surface area contributed by atoms with E-state index in [9.17, 15) is 9.90 Å². The predicted octanol–water partition coefficient (Wildman–Crippen LogP) is 5.69. The first-order chi connectivity index (χ1) is 14.4. The van der Waals surface area contributed by atoms with Crippen LogP contribution in [0.5, 0.6) is 0 Å². The Morgan fingerprint density at radius 3 is 2.60 bits per heavy atom. The van der Waals surface area contributed by atoms with Crippen molar-refractivity contribution in [2.24, 2.45) is 0 Å². The molecule has 6 heteroatoms. The van der Waals surface area contributed by atoms with Gasteiger partial charge < -0.3 is 10.4 Å². The number of carboxylic acid groups (broad SMARTS) is 1. The van der Waals surface area contributed by atoms with E-state index in [4.69, 9.17) is 4.98 Å². The number of aryl methyl sites for hydroxylation is 1. The summed E-state index contributed by atoms with van der Waals surface area (Å²) in [6, 6.07) is 12.9. The van der Waals surface area contributed by atoms with Gasteiger partial charge in [-0.1, -0.05) is 42.1 Å². The number of hydrogen-bond donors (Lipinski definition) is 2. The molecule has 2 aliphatic rings. The molecule has 1 heterocycles. The molecule has 3 aromatic rings. The Balaban J connectivity index is 1.55. The molecule has 2 aromatic carbocycles. The Morgan fingerprint density at radius 2 is 1.87 bits per heavy atom. The predicted molar refractivity (Wildman–Crippen MR) is 121 cm³/mol. The molecule has 1 saturated carbocycles. The van der Waals surface area contributed by atoms with Gasteiger partial charge in [0.15, 0.2) is 5.16 Å². The zero-order chi connectivity index (χ0) is 20.9. The number of carbonyl (C=O) groups is 1. The highest BCUT2D eigenvalue weighted by Gasteiger charge is 2.31. The van der Waals surface area contributed by atoms with Crippen molar-refractivity contribution in [1.82, 2.24) is 9.97 Å². The zero-order valence-corrected chi connectivity index (χ0v) is 18.1. The van der Waals surface area contributed by atoms with E-state index in [0.29, 0.717) is 11.1 Å². The number of aliphatic carboxylic acids is 1. The van der Waals surface area contributed by atoms with Gasteiger partial charge in [-0.15, -0.1) is 0 Å². The molecule has 0 bridgehead atoms. The summed E-state index contributed by atoms with van der Waals surface area (Å²) in [4.78, 5) is 21.0. The number of aromatic nitrogens is 2. The monoisotopic (exact) mass is 419 g/mol. The molecule has 154 valence electrons. The highest BCUT2D eigenvalue weighted by atomic mass is 32.2. The van der Waals surface area contributed by atoms with Crippen molar-refractivity contribution in [2.45, 2.75) is 61.8 Å². The Morgan fingerprint density at radius 1 is 1.10 bits per heavy atom. The van der Waals surface area contributed by atoms with Gasteiger partial charge in [0.1, 0.15) is 10.6 Å². The molecule has 0 amide bonds. The fourth-order valence-corrected chi connectivity index (χ4v) is 4.98. The van der Waals surface area contributed by atoms with Crippen molar-refractivity contribution in [3.63, 3.8) is 0 Å². The Hall–Kier alpha value is -2.60. The minimum absolute atomic E-state index is 0.518. The van der Waals surface area contributed by atoms with Gasteiger partial charge in [0.05, 0.1) is 5.69 Å². The largest absolute Gasteiger partial charge is 0.480 e. The van der Waals surface area contributed by atoms with Crippen LogP contribution in [0.4, 0.5) is 11.5 Å². The van der Waals surface area contributed by atoms with Crippen LogP contribution >= 0.6 is 11.8 Å². The summed E-state index contributed by atoms with van der Waals surface area (Å²) in [7, 11) is 0. The molecule has 2 N–H and O–H groups in total. The second kappa shape index (κ2) is 7.27. The normalized spacial score (nSPS) is 15.9. The van der Waals surface area contributed by atoms with Crippen molar-refractivity contribution in [1.29, 1.82) is 0 Å². The quantitative estimate of drug-likeness (QED) is 0.395. The number of thioether (sulfide) groups is 1. The maximum Gasteiger partial charge on any atom is 0.319 e. The molecule has 5 rings (SSSR count). The number of benzene rings is 2. The summed E-state index contributed by atoms with van der Waals surface area (Å²) in [6.07, 6.45) is 5.46. The van der Waals surface area contributed by atoms with Gasteiger partial charge in [-0.3, -0.25) is 4.79 Å². The van der Waals surface area contributed by atoms with Crippen molar-refractivity contribution < 1.29 is 9.90 Å². The molecule has 2 aliphatic carbocycles. The topological polar surface area (TPSA) is 75.1 Å².